The van der Waals surface area contributed by atoms with Gasteiger partial charge in [-0.15, -0.1) is 10.2 Å². The highest BCUT2D eigenvalue weighted by Crippen LogP contribution is 2.20. The summed E-state index contributed by atoms with van der Waals surface area (Å²) in [6.45, 7) is 4.48. The molecule has 1 aromatic heterocycles. The molecule has 0 fully saturated rings. The van der Waals surface area contributed by atoms with Gasteiger partial charge in [0.15, 0.2) is 0 Å². The first-order chi connectivity index (χ1) is 6.18. The van der Waals surface area contributed by atoms with Gasteiger partial charge in [0.2, 0.25) is 4.47 Å². The molecule has 0 saturated heterocycles. The molecule has 1 rings (SSSR count). The molecule has 0 amide bonds. The number of aromatic nitrogens is 2. The van der Waals surface area contributed by atoms with E-state index in [4.69, 9.17) is 11.6 Å². The van der Waals surface area contributed by atoms with Gasteiger partial charge in [0.25, 0.3) is 0 Å². The Labute approximate surface area is 92.1 Å². The summed E-state index contributed by atoms with van der Waals surface area (Å²) in [5, 5.41) is 8.73. The summed E-state index contributed by atoms with van der Waals surface area (Å²) in [4.78, 5) is 0. The van der Waals surface area contributed by atoms with Crippen LogP contribution in [0.4, 0.5) is 0 Å². The predicted octanol–water partition coefficient (Wildman–Crippen LogP) is 3.47. The minimum Gasteiger partial charge on any atom is -0.155 e. The highest BCUT2D eigenvalue weighted by atomic mass is 35.5. The van der Waals surface area contributed by atoms with Gasteiger partial charge in [0, 0.05) is 5.75 Å². The molecule has 0 aliphatic rings. The maximum Gasteiger partial charge on any atom is 0.207 e. The Morgan fingerprint density at radius 2 is 2.23 bits per heavy atom. The second-order valence-electron chi connectivity index (χ2n) is 3.18. The van der Waals surface area contributed by atoms with Crippen molar-refractivity contribution in [3.05, 3.63) is 9.47 Å². The van der Waals surface area contributed by atoms with E-state index >= 15 is 0 Å². The van der Waals surface area contributed by atoms with Crippen LogP contribution in [0.25, 0.3) is 0 Å². The quantitative estimate of drug-likeness (QED) is 0.733. The molecule has 5 heteroatoms. The van der Waals surface area contributed by atoms with E-state index < -0.39 is 0 Å². The number of rotatable bonds is 5. The van der Waals surface area contributed by atoms with Crippen molar-refractivity contribution in [1.29, 1.82) is 0 Å². The van der Waals surface area contributed by atoms with Gasteiger partial charge >= 0.3 is 0 Å². The molecular formula is C8H13ClN2S2. The van der Waals surface area contributed by atoms with Gasteiger partial charge in [0.05, 0.1) is 0 Å². The van der Waals surface area contributed by atoms with Gasteiger partial charge in [-0.05, 0) is 29.7 Å². The Kier molecular flexibility index (Phi) is 5.06. The van der Waals surface area contributed by atoms with E-state index in [2.05, 4.69) is 24.0 Å². The Morgan fingerprint density at radius 3 is 2.77 bits per heavy atom. The van der Waals surface area contributed by atoms with Crippen LogP contribution in [0, 0.1) is 5.92 Å². The summed E-state index contributed by atoms with van der Waals surface area (Å²) >= 11 is 9.03. The van der Waals surface area contributed by atoms with Crippen molar-refractivity contribution in [2.75, 3.05) is 5.75 Å². The molecule has 1 aromatic rings. The molecule has 74 valence electrons. The lowest BCUT2D eigenvalue weighted by Crippen LogP contribution is -1.90. The molecule has 0 saturated carbocycles. The zero-order chi connectivity index (χ0) is 9.68. The van der Waals surface area contributed by atoms with E-state index in [1.54, 1.807) is 0 Å². The summed E-state index contributed by atoms with van der Waals surface area (Å²) in [6.07, 6.45) is 1.26. The Balaban J connectivity index is 2.13. The first-order valence-corrected chi connectivity index (χ1v) is 6.59. The number of halogens is 1. The number of hydrogen-bond donors (Lipinski definition) is 0. The van der Waals surface area contributed by atoms with Gasteiger partial charge in [-0.1, -0.05) is 25.2 Å². The molecule has 0 aliphatic heterocycles. The van der Waals surface area contributed by atoms with Crippen molar-refractivity contribution in [3.63, 3.8) is 0 Å². The van der Waals surface area contributed by atoms with Crippen molar-refractivity contribution >= 4 is 34.7 Å². The van der Waals surface area contributed by atoms with Gasteiger partial charge in [0.1, 0.15) is 5.01 Å². The second-order valence-corrected chi connectivity index (χ2v) is 5.93. The summed E-state index contributed by atoms with van der Waals surface area (Å²) in [7, 11) is 0. The standard InChI is InChI=1S/C8H13ClN2S2/c1-6(2)3-4-12-5-7-10-11-8(9)13-7/h6H,3-5H2,1-2H3. The Morgan fingerprint density at radius 1 is 1.46 bits per heavy atom. The van der Waals surface area contributed by atoms with E-state index in [0.29, 0.717) is 4.47 Å². The number of hydrogen-bond acceptors (Lipinski definition) is 4. The number of thioether (sulfide) groups is 1. The van der Waals surface area contributed by atoms with Crippen molar-refractivity contribution < 1.29 is 0 Å². The normalized spacial score (nSPS) is 11.1. The fraction of sp³-hybridized carbons (Fsp3) is 0.750. The van der Waals surface area contributed by atoms with Crippen molar-refractivity contribution in [3.8, 4) is 0 Å². The van der Waals surface area contributed by atoms with Crippen molar-refractivity contribution in [2.45, 2.75) is 26.0 Å². The molecule has 0 radical (unpaired) electrons. The SMILES string of the molecule is CC(C)CCSCc1nnc(Cl)s1. The fourth-order valence-electron chi connectivity index (χ4n) is 0.770. The average Bonchev–Trinajstić information content (AvgIpc) is 2.45. The summed E-state index contributed by atoms with van der Waals surface area (Å²) in [5.74, 6) is 2.91. The molecule has 0 bridgehead atoms. The Bertz CT molecular complexity index is 250. The van der Waals surface area contributed by atoms with Gasteiger partial charge < -0.3 is 0 Å². The lowest BCUT2D eigenvalue weighted by Gasteiger charge is -2.01. The smallest absolute Gasteiger partial charge is 0.155 e. The molecule has 0 aliphatic carbocycles. The van der Waals surface area contributed by atoms with Crippen LogP contribution >= 0.6 is 34.7 Å². The molecule has 0 unspecified atom stereocenters. The lowest BCUT2D eigenvalue weighted by molar-refractivity contribution is 0.632. The van der Waals surface area contributed by atoms with Crippen LogP contribution in [0.3, 0.4) is 0 Å². The molecule has 0 aromatic carbocycles. The second kappa shape index (κ2) is 5.83. The van der Waals surface area contributed by atoms with Gasteiger partial charge in [-0.3, -0.25) is 0 Å². The molecule has 1 heterocycles. The minimum atomic E-state index is 0.541. The molecule has 0 atom stereocenters. The molecular weight excluding hydrogens is 224 g/mol. The zero-order valence-corrected chi connectivity index (χ0v) is 10.2. The molecule has 0 N–H and O–H groups in total. The summed E-state index contributed by atoms with van der Waals surface area (Å²) in [5.41, 5.74) is 0. The summed E-state index contributed by atoms with van der Waals surface area (Å²) < 4.78 is 0.541. The van der Waals surface area contributed by atoms with Gasteiger partial charge in [-0.25, -0.2) is 0 Å². The zero-order valence-electron chi connectivity index (χ0n) is 7.79. The van der Waals surface area contributed by atoms with E-state index in [1.165, 1.54) is 23.5 Å². The van der Waals surface area contributed by atoms with Crippen LogP contribution in [0.2, 0.25) is 4.47 Å². The highest BCUT2D eigenvalue weighted by molar-refractivity contribution is 7.98. The van der Waals surface area contributed by atoms with Crippen LogP contribution in [-0.2, 0) is 5.75 Å². The van der Waals surface area contributed by atoms with Crippen LogP contribution in [0.5, 0.6) is 0 Å². The largest absolute Gasteiger partial charge is 0.207 e. The van der Waals surface area contributed by atoms with E-state index in [0.717, 1.165) is 16.7 Å². The third-order valence-corrected chi connectivity index (χ3v) is 3.71. The Hall–Kier alpha value is 0.200. The van der Waals surface area contributed by atoms with Crippen molar-refractivity contribution in [1.82, 2.24) is 10.2 Å². The maximum atomic E-state index is 5.66. The van der Waals surface area contributed by atoms with E-state index in [-0.39, 0.29) is 0 Å². The van der Waals surface area contributed by atoms with Crippen LogP contribution in [-0.4, -0.2) is 16.0 Å². The number of nitrogens with zero attached hydrogens (tertiary/aromatic N) is 2. The highest BCUT2D eigenvalue weighted by Gasteiger charge is 2.01. The van der Waals surface area contributed by atoms with Gasteiger partial charge in [-0.2, -0.15) is 11.8 Å². The molecule has 13 heavy (non-hydrogen) atoms. The predicted molar refractivity (Wildman–Crippen MR) is 60.5 cm³/mol. The third-order valence-electron chi connectivity index (χ3n) is 1.51. The van der Waals surface area contributed by atoms with Crippen LogP contribution < -0.4 is 0 Å². The maximum absolute atomic E-state index is 5.66. The first kappa shape index (κ1) is 11.3. The fourth-order valence-corrected chi connectivity index (χ4v) is 2.93. The summed E-state index contributed by atoms with van der Waals surface area (Å²) in [6, 6.07) is 0. The minimum absolute atomic E-state index is 0.541. The third kappa shape index (κ3) is 4.84. The average molecular weight is 237 g/mol. The van der Waals surface area contributed by atoms with Crippen LogP contribution in [0.1, 0.15) is 25.3 Å². The van der Waals surface area contributed by atoms with Crippen molar-refractivity contribution in [2.24, 2.45) is 5.92 Å². The monoisotopic (exact) mass is 236 g/mol. The van der Waals surface area contributed by atoms with E-state index in [9.17, 15) is 0 Å². The van der Waals surface area contributed by atoms with E-state index in [1.807, 2.05) is 11.8 Å². The molecule has 2 nitrogen and oxygen atoms in total. The topological polar surface area (TPSA) is 25.8 Å². The first-order valence-electron chi connectivity index (χ1n) is 4.24. The molecule has 0 spiro atoms. The lowest BCUT2D eigenvalue weighted by atomic mass is 10.2. The van der Waals surface area contributed by atoms with Crippen LogP contribution in [0.15, 0.2) is 0 Å².